The molecule has 1 aromatic rings. The van der Waals surface area contributed by atoms with E-state index in [0.717, 1.165) is 18.6 Å². The number of alkyl halides is 3. The molecule has 3 N–H and O–H groups in total. The molecule has 0 aliphatic rings. The maximum absolute atomic E-state index is 12.4. The van der Waals surface area contributed by atoms with Crippen LogP contribution in [0.3, 0.4) is 0 Å². The molecule has 21 heavy (non-hydrogen) atoms. The maximum Gasteiger partial charge on any atom is 0.416 e. The van der Waals surface area contributed by atoms with Gasteiger partial charge >= 0.3 is 6.18 Å². The molecule has 0 aromatic heterocycles. The lowest BCUT2D eigenvalue weighted by atomic mass is 10.0. The zero-order valence-electron chi connectivity index (χ0n) is 12.0. The fourth-order valence-corrected chi connectivity index (χ4v) is 2.07. The smallest absolute Gasteiger partial charge is 0.396 e. The van der Waals surface area contributed by atoms with E-state index in [1.165, 1.54) is 12.1 Å². The fraction of sp³-hybridized carbons (Fsp3) is 0.600. The quantitative estimate of drug-likeness (QED) is 0.692. The van der Waals surface area contributed by atoms with E-state index in [4.69, 9.17) is 5.11 Å². The van der Waals surface area contributed by atoms with E-state index in [1.807, 2.05) is 6.92 Å². The summed E-state index contributed by atoms with van der Waals surface area (Å²) >= 11 is 0. The Balaban J connectivity index is 2.47. The van der Waals surface area contributed by atoms with E-state index in [9.17, 15) is 18.3 Å². The molecular formula is C15H22F3NO2. The molecule has 0 amide bonds. The Bertz CT molecular complexity index is 406. The summed E-state index contributed by atoms with van der Waals surface area (Å²) < 4.78 is 37.3. The van der Waals surface area contributed by atoms with Crippen molar-refractivity contribution >= 4 is 0 Å². The summed E-state index contributed by atoms with van der Waals surface area (Å²) in [7, 11) is 0. The Kier molecular flexibility index (Phi) is 7.14. The lowest BCUT2D eigenvalue weighted by molar-refractivity contribution is -0.137. The minimum absolute atomic E-state index is 0.127. The number of hydrogen-bond donors (Lipinski definition) is 3. The van der Waals surface area contributed by atoms with Crippen LogP contribution >= 0.6 is 0 Å². The predicted octanol–water partition coefficient (Wildman–Crippen LogP) is 2.74. The van der Waals surface area contributed by atoms with Gasteiger partial charge in [0.1, 0.15) is 0 Å². The maximum atomic E-state index is 12.4. The number of rotatable bonds is 8. The summed E-state index contributed by atoms with van der Waals surface area (Å²) in [5.74, 6) is 0.329. The zero-order valence-corrected chi connectivity index (χ0v) is 12.0. The van der Waals surface area contributed by atoms with Crippen molar-refractivity contribution in [2.24, 2.45) is 5.92 Å². The van der Waals surface area contributed by atoms with Crippen LogP contribution in [0, 0.1) is 5.92 Å². The third-order valence-corrected chi connectivity index (χ3v) is 3.51. The van der Waals surface area contributed by atoms with Crippen LogP contribution in [0.4, 0.5) is 13.2 Å². The first kappa shape index (κ1) is 17.9. The molecule has 0 bridgehead atoms. The van der Waals surface area contributed by atoms with Crippen LogP contribution in [0.2, 0.25) is 0 Å². The van der Waals surface area contributed by atoms with E-state index in [0.29, 0.717) is 24.4 Å². The van der Waals surface area contributed by atoms with Crippen LogP contribution in [0.25, 0.3) is 0 Å². The molecule has 3 nitrogen and oxygen atoms in total. The Labute approximate surface area is 122 Å². The van der Waals surface area contributed by atoms with Gasteiger partial charge in [-0.25, -0.2) is 0 Å². The summed E-state index contributed by atoms with van der Waals surface area (Å²) in [4.78, 5) is 0. The largest absolute Gasteiger partial charge is 0.416 e. The molecule has 0 spiro atoms. The van der Waals surface area contributed by atoms with Gasteiger partial charge in [-0.1, -0.05) is 25.5 Å². The average Bonchev–Trinajstić information content (AvgIpc) is 2.45. The van der Waals surface area contributed by atoms with E-state index < -0.39 is 17.8 Å². The lowest BCUT2D eigenvalue weighted by Gasteiger charge is -2.17. The number of aliphatic hydroxyl groups excluding tert-OH is 2. The summed E-state index contributed by atoms with van der Waals surface area (Å²) in [6.45, 7) is 3.08. The Morgan fingerprint density at radius 3 is 2.24 bits per heavy atom. The zero-order chi connectivity index (χ0) is 15.9. The first-order valence-corrected chi connectivity index (χ1v) is 7.05. The Morgan fingerprint density at radius 1 is 1.14 bits per heavy atom. The number of nitrogens with one attached hydrogen (secondary N) is 1. The highest BCUT2D eigenvalue weighted by molar-refractivity contribution is 5.26. The molecule has 120 valence electrons. The first-order valence-electron chi connectivity index (χ1n) is 7.05. The van der Waals surface area contributed by atoms with Crippen molar-refractivity contribution in [3.8, 4) is 0 Å². The van der Waals surface area contributed by atoms with Crippen molar-refractivity contribution in [3.63, 3.8) is 0 Å². The van der Waals surface area contributed by atoms with Gasteiger partial charge in [0.05, 0.1) is 11.7 Å². The molecule has 1 aromatic carbocycles. The SMILES string of the molecule is CCC(CCO)CNCC(O)c1ccc(C(F)(F)F)cc1. The van der Waals surface area contributed by atoms with Crippen LogP contribution < -0.4 is 5.32 Å². The van der Waals surface area contributed by atoms with Gasteiger partial charge in [0.2, 0.25) is 0 Å². The van der Waals surface area contributed by atoms with Crippen molar-refractivity contribution in [1.82, 2.24) is 5.32 Å². The van der Waals surface area contributed by atoms with Gasteiger partial charge in [0, 0.05) is 13.2 Å². The normalized spacial score (nSPS) is 15.0. The van der Waals surface area contributed by atoms with Gasteiger partial charge < -0.3 is 15.5 Å². The molecule has 0 aliphatic carbocycles. The molecule has 6 heteroatoms. The molecule has 0 aliphatic heterocycles. The van der Waals surface area contributed by atoms with Gasteiger partial charge in [-0.2, -0.15) is 13.2 Å². The molecule has 0 heterocycles. The van der Waals surface area contributed by atoms with Crippen molar-refractivity contribution < 1.29 is 23.4 Å². The fourth-order valence-electron chi connectivity index (χ4n) is 2.07. The van der Waals surface area contributed by atoms with Crippen LogP contribution in [-0.2, 0) is 6.18 Å². The molecule has 0 saturated carbocycles. The van der Waals surface area contributed by atoms with Gasteiger partial charge in [-0.15, -0.1) is 0 Å². The number of halogens is 3. The Hall–Kier alpha value is -1.11. The molecule has 0 saturated heterocycles. The molecule has 2 unspecified atom stereocenters. The highest BCUT2D eigenvalue weighted by atomic mass is 19.4. The third kappa shape index (κ3) is 6.03. The van der Waals surface area contributed by atoms with Gasteiger partial charge in [0.15, 0.2) is 0 Å². The number of hydrogen-bond acceptors (Lipinski definition) is 3. The Morgan fingerprint density at radius 2 is 1.76 bits per heavy atom. The van der Waals surface area contributed by atoms with Gasteiger partial charge in [-0.05, 0) is 36.6 Å². The average molecular weight is 305 g/mol. The van der Waals surface area contributed by atoms with Crippen molar-refractivity contribution in [2.75, 3.05) is 19.7 Å². The standard InChI is InChI=1S/C15H22F3NO2/c1-2-11(7-8-20)9-19-10-14(21)12-3-5-13(6-4-12)15(16,17)18/h3-6,11,14,19-21H,2,7-10H2,1H3. The number of benzene rings is 1. The predicted molar refractivity (Wildman–Crippen MR) is 74.8 cm³/mol. The lowest BCUT2D eigenvalue weighted by Crippen LogP contribution is -2.27. The monoisotopic (exact) mass is 305 g/mol. The molecule has 0 fully saturated rings. The first-order chi connectivity index (χ1) is 9.88. The van der Waals surface area contributed by atoms with Crippen LogP contribution in [0.1, 0.15) is 37.0 Å². The highest BCUT2D eigenvalue weighted by Crippen LogP contribution is 2.29. The van der Waals surface area contributed by atoms with Crippen molar-refractivity contribution in [2.45, 2.75) is 32.0 Å². The van der Waals surface area contributed by atoms with Gasteiger partial charge in [0.25, 0.3) is 0 Å². The summed E-state index contributed by atoms with van der Waals surface area (Å²) in [5, 5.41) is 21.9. The minimum atomic E-state index is -4.36. The van der Waals surface area contributed by atoms with E-state index >= 15 is 0 Å². The van der Waals surface area contributed by atoms with Crippen molar-refractivity contribution in [3.05, 3.63) is 35.4 Å². The second kappa shape index (κ2) is 8.36. The van der Waals surface area contributed by atoms with Crippen molar-refractivity contribution in [1.29, 1.82) is 0 Å². The van der Waals surface area contributed by atoms with Crippen LogP contribution in [0.15, 0.2) is 24.3 Å². The molecule has 1 rings (SSSR count). The second-order valence-corrected chi connectivity index (χ2v) is 5.08. The molecule has 0 radical (unpaired) electrons. The van der Waals surface area contributed by atoms with E-state index in [2.05, 4.69) is 5.32 Å². The molecule has 2 atom stereocenters. The second-order valence-electron chi connectivity index (χ2n) is 5.08. The van der Waals surface area contributed by atoms with Crippen LogP contribution in [-0.4, -0.2) is 29.9 Å². The topological polar surface area (TPSA) is 52.5 Å². The summed E-state index contributed by atoms with van der Waals surface area (Å²) in [5.41, 5.74) is -0.272. The summed E-state index contributed by atoms with van der Waals surface area (Å²) in [6.07, 6.45) is -3.59. The van der Waals surface area contributed by atoms with Gasteiger partial charge in [-0.3, -0.25) is 0 Å². The number of aliphatic hydroxyl groups is 2. The molecular weight excluding hydrogens is 283 g/mol. The summed E-state index contributed by atoms with van der Waals surface area (Å²) in [6, 6.07) is 4.53. The third-order valence-electron chi connectivity index (χ3n) is 3.51. The minimum Gasteiger partial charge on any atom is -0.396 e. The van der Waals surface area contributed by atoms with E-state index in [-0.39, 0.29) is 13.2 Å². The van der Waals surface area contributed by atoms with E-state index in [1.54, 1.807) is 0 Å². The van der Waals surface area contributed by atoms with Crippen LogP contribution in [0.5, 0.6) is 0 Å². The highest BCUT2D eigenvalue weighted by Gasteiger charge is 2.30.